The number of nitrogens with one attached hydrogen (secondary N) is 2. The Morgan fingerprint density at radius 3 is 2.64 bits per heavy atom. The zero-order valence-corrected chi connectivity index (χ0v) is 13.7. The molecule has 116 valence electrons. The van der Waals surface area contributed by atoms with Gasteiger partial charge in [0.15, 0.2) is 0 Å². The molecule has 1 amide bonds. The third-order valence-corrected chi connectivity index (χ3v) is 3.76. The van der Waals surface area contributed by atoms with Gasteiger partial charge in [-0.1, -0.05) is 36.7 Å². The third kappa shape index (κ3) is 4.50. The molecule has 0 atom stereocenters. The van der Waals surface area contributed by atoms with Crippen molar-refractivity contribution in [2.75, 3.05) is 17.2 Å². The summed E-state index contributed by atoms with van der Waals surface area (Å²) in [6, 6.07) is 13.6. The average Bonchev–Trinajstić information content (AvgIpc) is 2.50. The van der Waals surface area contributed by atoms with Gasteiger partial charge >= 0.3 is 0 Å². The third-order valence-electron chi connectivity index (χ3n) is 3.53. The largest absolute Gasteiger partial charge is 0.384 e. The van der Waals surface area contributed by atoms with E-state index in [1.165, 1.54) is 0 Å². The van der Waals surface area contributed by atoms with Gasteiger partial charge in [-0.05, 0) is 48.7 Å². The molecule has 0 aliphatic carbocycles. The molecule has 22 heavy (non-hydrogen) atoms. The van der Waals surface area contributed by atoms with Crippen LogP contribution < -0.4 is 10.6 Å². The zero-order chi connectivity index (χ0) is 15.9. The summed E-state index contributed by atoms with van der Waals surface area (Å²) >= 11 is 5.93. The quantitative estimate of drug-likeness (QED) is 0.814. The Labute approximate surface area is 136 Å². The first kappa shape index (κ1) is 16.4. The fraction of sp³-hybridized carbons (Fsp3) is 0.278. The van der Waals surface area contributed by atoms with E-state index in [1.807, 2.05) is 49.4 Å². The Hall–Kier alpha value is -2.00. The highest BCUT2D eigenvalue weighted by atomic mass is 35.5. The molecule has 0 saturated heterocycles. The number of benzene rings is 2. The summed E-state index contributed by atoms with van der Waals surface area (Å²) in [4.78, 5) is 12.0. The summed E-state index contributed by atoms with van der Waals surface area (Å²) in [5.74, 6) is 0.0139. The van der Waals surface area contributed by atoms with E-state index in [0.29, 0.717) is 13.0 Å². The first-order valence-electron chi connectivity index (χ1n) is 7.48. The van der Waals surface area contributed by atoms with E-state index in [0.717, 1.165) is 33.9 Å². The van der Waals surface area contributed by atoms with Crippen LogP contribution in [0.4, 0.5) is 11.4 Å². The second-order valence-electron chi connectivity index (χ2n) is 5.19. The maximum Gasteiger partial charge on any atom is 0.226 e. The summed E-state index contributed by atoms with van der Waals surface area (Å²) in [7, 11) is 0. The van der Waals surface area contributed by atoms with Crippen molar-refractivity contribution in [3.05, 3.63) is 58.6 Å². The summed E-state index contributed by atoms with van der Waals surface area (Å²) in [6.45, 7) is 4.66. The Kier molecular flexibility index (Phi) is 5.84. The molecule has 0 radical (unpaired) electrons. The van der Waals surface area contributed by atoms with Crippen LogP contribution >= 0.6 is 11.6 Å². The molecular weight excluding hydrogens is 296 g/mol. The second-order valence-corrected chi connectivity index (χ2v) is 5.63. The fourth-order valence-corrected chi connectivity index (χ4v) is 2.53. The van der Waals surface area contributed by atoms with E-state index in [1.54, 1.807) is 0 Å². The molecule has 0 saturated carbocycles. The standard InChI is InChI=1S/C18H21ClN2O/c1-3-14-6-4-5-7-17(14)21-18(22)10-11-20-16-9-8-15(19)12-13(16)2/h4-9,12,20H,3,10-11H2,1-2H3,(H,21,22). The van der Waals surface area contributed by atoms with Crippen molar-refractivity contribution in [2.45, 2.75) is 26.7 Å². The number of carbonyl (C=O) groups is 1. The van der Waals surface area contributed by atoms with Gasteiger partial charge in [-0.3, -0.25) is 4.79 Å². The molecule has 2 aromatic rings. The van der Waals surface area contributed by atoms with Gasteiger partial charge < -0.3 is 10.6 Å². The van der Waals surface area contributed by atoms with Gasteiger partial charge in [0.2, 0.25) is 5.91 Å². The number of carbonyl (C=O) groups excluding carboxylic acids is 1. The lowest BCUT2D eigenvalue weighted by molar-refractivity contribution is -0.115. The van der Waals surface area contributed by atoms with Gasteiger partial charge in [0.1, 0.15) is 0 Å². The predicted molar refractivity (Wildman–Crippen MR) is 93.7 cm³/mol. The Morgan fingerprint density at radius 1 is 1.14 bits per heavy atom. The van der Waals surface area contributed by atoms with Crippen LogP contribution in [-0.4, -0.2) is 12.5 Å². The van der Waals surface area contributed by atoms with E-state index >= 15 is 0 Å². The zero-order valence-electron chi connectivity index (χ0n) is 12.9. The van der Waals surface area contributed by atoms with Crippen molar-refractivity contribution in [1.82, 2.24) is 0 Å². The van der Waals surface area contributed by atoms with Crippen LogP contribution in [0.2, 0.25) is 5.02 Å². The molecule has 0 unspecified atom stereocenters. The van der Waals surface area contributed by atoms with Gasteiger partial charge in [0.05, 0.1) is 0 Å². The van der Waals surface area contributed by atoms with E-state index in [2.05, 4.69) is 17.6 Å². The molecule has 0 aliphatic heterocycles. The van der Waals surface area contributed by atoms with Crippen molar-refractivity contribution in [3.63, 3.8) is 0 Å². The highest BCUT2D eigenvalue weighted by molar-refractivity contribution is 6.30. The van der Waals surface area contributed by atoms with Gasteiger partial charge in [0, 0.05) is 29.4 Å². The van der Waals surface area contributed by atoms with Crippen molar-refractivity contribution in [3.8, 4) is 0 Å². The topological polar surface area (TPSA) is 41.1 Å². The van der Waals surface area contributed by atoms with Crippen LogP contribution in [0.15, 0.2) is 42.5 Å². The van der Waals surface area contributed by atoms with Crippen molar-refractivity contribution in [2.24, 2.45) is 0 Å². The molecule has 0 heterocycles. The second kappa shape index (κ2) is 7.85. The molecule has 0 aromatic heterocycles. The van der Waals surface area contributed by atoms with Crippen LogP contribution in [0.5, 0.6) is 0 Å². The average molecular weight is 317 g/mol. The van der Waals surface area contributed by atoms with Gasteiger partial charge in [0.25, 0.3) is 0 Å². The van der Waals surface area contributed by atoms with Crippen molar-refractivity contribution in [1.29, 1.82) is 0 Å². The number of rotatable bonds is 6. The van der Waals surface area contributed by atoms with Crippen LogP contribution in [0.1, 0.15) is 24.5 Å². The summed E-state index contributed by atoms with van der Waals surface area (Å²) in [5.41, 5.74) is 4.13. The van der Waals surface area contributed by atoms with Gasteiger partial charge in [-0.15, -0.1) is 0 Å². The number of amides is 1. The summed E-state index contributed by atoms with van der Waals surface area (Å²) < 4.78 is 0. The monoisotopic (exact) mass is 316 g/mol. The lowest BCUT2D eigenvalue weighted by Crippen LogP contribution is -2.17. The summed E-state index contributed by atoms with van der Waals surface area (Å²) in [5, 5.41) is 6.96. The lowest BCUT2D eigenvalue weighted by atomic mass is 10.1. The molecule has 4 heteroatoms. The molecule has 0 aliphatic rings. The minimum absolute atomic E-state index is 0.0139. The Balaban J connectivity index is 1.85. The van der Waals surface area contributed by atoms with Gasteiger partial charge in [-0.2, -0.15) is 0 Å². The Morgan fingerprint density at radius 2 is 1.91 bits per heavy atom. The molecule has 0 bridgehead atoms. The lowest BCUT2D eigenvalue weighted by Gasteiger charge is -2.11. The van der Waals surface area contributed by atoms with Crippen LogP contribution in [0.3, 0.4) is 0 Å². The van der Waals surface area contributed by atoms with E-state index < -0.39 is 0 Å². The molecule has 0 fully saturated rings. The first-order valence-corrected chi connectivity index (χ1v) is 7.85. The van der Waals surface area contributed by atoms with Gasteiger partial charge in [-0.25, -0.2) is 0 Å². The SMILES string of the molecule is CCc1ccccc1NC(=O)CCNc1ccc(Cl)cc1C. The maximum atomic E-state index is 12.0. The molecule has 2 aromatic carbocycles. The molecule has 3 nitrogen and oxygen atoms in total. The predicted octanol–water partition coefficient (Wildman–Crippen LogP) is 4.65. The minimum atomic E-state index is 0.0139. The smallest absolute Gasteiger partial charge is 0.226 e. The molecule has 2 rings (SSSR count). The number of halogens is 1. The molecular formula is C18H21ClN2O. The van der Waals surface area contributed by atoms with Crippen LogP contribution in [0.25, 0.3) is 0 Å². The van der Waals surface area contributed by atoms with Crippen LogP contribution in [-0.2, 0) is 11.2 Å². The number of hydrogen-bond donors (Lipinski definition) is 2. The summed E-state index contributed by atoms with van der Waals surface area (Å²) in [6.07, 6.45) is 1.32. The number of anilines is 2. The van der Waals surface area contributed by atoms with E-state index in [-0.39, 0.29) is 5.91 Å². The van der Waals surface area contributed by atoms with Crippen molar-refractivity contribution < 1.29 is 4.79 Å². The normalized spacial score (nSPS) is 10.3. The Bertz CT molecular complexity index is 655. The highest BCUT2D eigenvalue weighted by Gasteiger charge is 2.06. The first-order chi connectivity index (χ1) is 10.6. The van der Waals surface area contributed by atoms with Crippen molar-refractivity contribution >= 4 is 28.9 Å². The number of para-hydroxylation sites is 1. The maximum absolute atomic E-state index is 12.0. The highest BCUT2D eigenvalue weighted by Crippen LogP contribution is 2.19. The van der Waals surface area contributed by atoms with Crippen LogP contribution in [0, 0.1) is 6.92 Å². The van der Waals surface area contributed by atoms with E-state index in [9.17, 15) is 4.79 Å². The fourth-order valence-electron chi connectivity index (χ4n) is 2.30. The molecule has 0 spiro atoms. The number of aryl methyl sites for hydroxylation is 2. The number of hydrogen-bond acceptors (Lipinski definition) is 2. The minimum Gasteiger partial charge on any atom is -0.384 e. The molecule has 2 N–H and O–H groups in total. The van der Waals surface area contributed by atoms with E-state index in [4.69, 9.17) is 11.6 Å².